The van der Waals surface area contributed by atoms with Gasteiger partial charge in [0.1, 0.15) is 12.1 Å². The van der Waals surface area contributed by atoms with Crippen molar-refractivity contribution >= 4 is 27.4 Å². The van der Waals surface area contributed by atoms with Gasteiger partial charge in [0.05, 0.1) is 10.2 Å². The zero-order valence-electron chi connectivity index (χ0n) is 11.8. The Morgan fingerprint density at radius 1 is 1.25 bits per heavy atom. The van der Waals surface area contributed by atoms with Gasteiger partial charge in [-0.15, -0.1) is 11.3 Å². The van der Waals surface area contributed by atoms with E-state index in [-0.39, 0.29) is 0 Å². The number of anilines is 1. The van der Waals surface area contributed by atoms with Crippen molar-refractivity contribution in [1.29, 1.82) is 0 Å². The van der Waals surface area contributed by atoms with Crippen LogP contribution in [0.3, 0.4) is 0 Å². The molecule has 2 fully saturated rings. The fourth-order valence-corrected chi connectivity index (χ4v) is 4.62. The summed E-state index contributed by atoms with van der Waals surface area (Å²) in [6.45, 7) is 4.63. The van der Waals surface area contributed by atoms with E-state index in [1.165, 1.54) is 49.0 Å². The number of hydrogen-bond donors (Lipinski definition) is 1. The summed E-state index contributed by atoms with van der Waals surface area (Å²) < 4.78 is 1.21. The first-order valence-electron chi connectivity index (χ1n) is 7.52. The molecule has 0 saturated carbocycles. The van der Waals surface area contributed by atoms with Gasteiger partial charge in [-0.1, -0.05) is 6.42 Å². The highest BCUT2D eigenvalue weighted by Crippen LogP contribution is 2.33. The van der Waals surface area contributed by atoms with Crippen LogP contribution in [-0.2, 0) is 0 Å². The lowest BCUT2D eigenvalue weighted by Gasteiger charge is -2.32. The number of aromatic nitrogens is 2. The lowest BCUT2D eigenvalue weighted by Crippen LogP contribution is -2.41. The maximum atomic E-state index is 4.49. The minimum atomic E-state index is 0.552. The maximum absolute atomic E-state index is 4.49. The molecule has 0 aromatic carbocycles. The molecule has 4 nitrogen and oxygen atoms in total. The van der Waals surface area contributed by atoms with Crippen LogP contribution in [0.1, 0.15) is 31.2 Å². The SMILES string of the molecule is Cc1csc2c(N[C@@H]3CCN4CCCC[C@@H]34)ncnc12. The van der Waals surface area contributed by atoms with Crippen molar-refractivity contribution < 1.29 is 0 Å². The number of aryl methyl sites for hydroxylation is 1. The minimum Gasteiger partial charge on any atom is -0.364 e. The fourth-order valence-electron chi connectivity index (χ4n) is 3.66. The topological polar surface area (TPSA) is 41.0 Å². The highest BCUT2D eigenvalue weighted by Gasteiger charge is 2.35. The van der Waals surface area contributed by atoms with Crippen molar-refractivity contribution in [3.8, 4) is 0 Å². The first-order chi connectivity index (χ1) is 9.83. The zero-order valence-corrected chi connectivity index (χ0v) is 12.6. The molecule has 20 heavy (non-hydrogen) atoms. The van der Waals surface area contributed by atoms with Crippen LogP contribution in [0.2, 0.25) is 0 Å². The lowest BCUT2D eigenvalue weighted by molar-refractivity contribution is 0.192. The van der Waals surface area contributed by atoms with Crippen molar-refractivity contribution in [3.05, 3.63) is 17.3 Å². The third kappa shape index (κ3) is 2.00. The summed E-state index contributed by atoms with van der Waals surface area (Å²) in [6, 6.07) is 1.26. The molecule has 2 aliphatic heterocycles. The number of thiophene rings is 1. The standard InChI is InChI=1S/C15H20N4S/c1-10-8-20-14-13(10)16-9-17-15(14)18-11-5-7-19-6-3-2-4-12(11)19/h8-9,11-12H,2-7H2,1H3,(H,16,17,18)/t11-,12+/m1/s1. The van der Waals surface area contributed by atoms with Gasteiger partial charge in [0.25, 0.3) is 0 Å². The van der Waals surface area contributed by atoms with E-state index in [4.69, 9.17) is 0 Å². The van der Waals surface area contributed by atoms with Crippen LogP contribution in [0, 0.1) is 6.92 Å². The van der Waals surface area contributed by atoms with Gasteiger partial charge < -0.3 is 5.32 Å². The molecular weight excluding hydrogens is 268 g/mol. The first kappa shape index (κ1) is 12.5. The van der Waals surface area contributed by atoms with E-state index in [0.717, 1.165) is 11.3 Å². The molecule has 2 aromatic rings. The van der Waals surface area contributed by atoms with Gasteiger partial charge in [0.2, 0.25) is 0 Å². The molecule has 2 saturated heterocycles. The average molecular weight is 288 g/mol. The fraction of sp³-hybridized carbons (Fsp3) is 0.600. The Morgan fingerprint density at radius 2 is 2.20 bits per heavy atom. The second-order valence-corrected chi connectivity index (χ2v) is 6.84. The van der Waals surface area contributed by atoms with Gasteiger partial charge in [-0.25, -0.2) is 9.97 Å². The zero-order chi connectivity index (χ0) is 13.5. The lowest BCUT2D eigenvalue weighted by atomic mass is 9.99. The molecule has 0 spiro atoms. The molecule has 2 aliphatic rings. The number of hydrogen-bond acceptors (Lipinski definition) is 5. The van der Waals surface area contributed by atoms with Gasteiger partial charge in [-0.2, -0.15) is 0 Å². The molecule has 0 amide bonds. The average Bonchev–Trinajstić information content (AvgIpc) is 3.05. The molecule has 106 valence electrons. The predicted octanol–water partition coefficient (Wildman–Crippen LogP) is 3.04. The van der Waals surface area contributed by atoms with Gasteiger partial charge in [-0.3, -0.25) is 4.90 Å². The van der Waals surface area contributed by atoms with Crippen LogP contribution < -0.4 is 5.32 Å². The molecule has 2 aromatic heterocycles. The molecule has 5 heteroatoms. The Balaban J connectivity index is 1.61. The largest absolute Gasteiger partial charge is 0.364 e. The number of fused-ring (bicyclic) bond motifs is 2. The monoisotopic (exact) mass is 288 g/mol. The summed E-state index contributed by atoms with van der Waals surface area (Å²) in [4.78, 5) is 11.5. The van der Waals surface area contributed by atoms with E-state index in [1.807, 2.05) is 0 Å². The van der Waals surface area contributed by atoms with Crippen molar-refractivity contribution in [2.45, 2.75) is 44.7 Å². The minimum absolute atomic E-state index is 0.552. The number of rotatable bonds is 2. The molecule has 2 atom stereocenters. The Bertz CT molecular complexity index is 623. The van der Waals surface area contributed by atoms with Gasteiger partial charge in [0, 0.05) is 18.6 Å². The molecule has 4 heterocycles. The molecule has 0 aliphatic carbocycles. The third-order valence-corrected chi connectivity index (χ3v) is 5.80. The summed E-state index contributed by atoms with van der Waals surface area (Å²) in [5.41, 5.74) is 2.35. The van der Waals surface area contributed by atoms with Crippen LogP contribution in [0.15, 0.2) is 11.7 Å². The molecule has 4 rings (SSSR count). The summed E-state index contributed by atoms with van der Waals surface area (Å²) >= 11 is 1.75. The highest BCUT2D eigenvalue weighted by atomic mass is 32.1. The quantitative estimate of drug-likeness (QED) is 0.922. The van der Waals surface area contributed by atoms with Gasteiger partial charge in [0.15, 0.2) is 0 Å². The summed E-state index contributed by atoms with van der Waals surface area (Å²) in [6.07, 6.45) is 7.00. The van der Waals surface area contributed by atoms with E-state index in [1.54, 1.807) is 17.7 Å². The highest BCUT2D eigenvalue weighted by molar-refractivity contribution is 7.18. The summed E-state index contributed by atoms with van der Waals surface area (Å²) in [7, 11) is 0. The molecular formula is C15H20N4S. The van der Waals surface area contributed by atoms with Gasteiger partial charge >= 0.3 is 0 Å². The van der Waals surface area contributed by atoms with Crippen molar-refractivity contribution in [2.75, 3.05) is 18.4 Å². The number of piperidine rings is 1. The van der Waals surface area contributed by atoms with Crippen LogP contribution >= 0.6 is 11.3 Å². The summed E-state index contributed by atoms with van der Waals surface area (Å²) in [5.74, 6) is 1.03. The van der Waals surface area contributed by atoms with Crippen LogP contribution in [0.4, 0.5) is 5.82 Å². The van der Waals surface area contributed by atoms with Crippen LogP contribution in [0.25, 0.3) is 10.2 Å². The second kappa shape index (κ2) is 4.97. The Morgan fingerprint density at radius 3 is 3.15 bits per heavy atom. The number of nitrogens with one attached hydrogen (secondary N) is 1. The molecule has 0 radical (unpaired) electrons. The van der Waals surface area contributed by atoms with Crippen molar-refractivity contribution in [3.63, 3.8) is 0 Å². The first-order valence-corrected chi connectivity index (χ1v) is 8.40. The smallest absolute Gasteiger partial charge is 0.147 e. The molecule has 1 N–H and O–H groups in total. The van der Waals surface area contributed by atoms with E-state index in [2.05, 4.69) is 32.5 Å². The van der Waals surface area contributed by atoms with E-state index in [0.29, 0.717) is 12.1 Å². The Kier molecular flexibility index (Phi) is 3.11. The second-order valence-electron chi connectivity index (χ2n) is 5.96. The summed E-state index contributed by atoms with van der Waals surface area (Å²) in [5, 5.41) is 5.89. The molecule has 0 bridgehead atoms. The van der Waals surface area contributed by atoms with Crippen LogP contribution in [0.5, 0.6) is 0 Å². The van der Waals surface area contributed by atoms with Crippen molar-refractivity contribution in [2.24, 2.45) is 0 Å². The van der Waals surface area contributed by atoms with E-state index >= 15 is 0 Å². The third-order valence-electron chi connectivity index (χ3n) is 4.71. The van der Waals surface area contributed by atoms with E-state index in [9.17, 15) is 0 Å². The normalized spacial score (nSPS) is 26.9. The van der Waals surface area contributed by atoms with Gasteiger partial charge in [-0.05, 0) is 43.7 Å². The predicted molar refractivity (Wildman–Crippen MR) is 83.4 cm³/mol. The molecule has 0 unspecified atom stereocenters. The Labute approximate surface area is 123 Å². The maximum Gasteiger partial charge on any atom is 0.147 e. The Hall–Kier alpha value is -1.20. The van der Waals surface area contributed by atoms with Crippen LogP contribution in [-0.4, -0.2) is 40.0 Å². The number of nitrogens with zero attached hydrogens (tertiary/aromatic N) is 3. The van der Waals surface area contributed by atoms with Crippen molar-refractivity contribution in [1.82, 2.24) is 14.9 Å². The van der Waals surface area contributed by atoms with E-state index < -0.39 is 0 Å².